The van der Waals surface area contributed by atoms with E-state index < -0.39 is 15.6 Å². The number of fused-ring (bicyclic) bond motifs is 4. The molecule has 0 bridgehead atoms. The summed E-state index contributed by atoms with van der Waals surface area (Å²) in [5.74, 6) is 0. The van der Waals surface area contributed by atoms with Crippen molar-refractivity contribution in [3.63, 3.8) is 0 Å². The number of para-hydroxylation sites is 4. The fourth-order valence-electron chi connectivity index (χ4n) is 8.93. The Morgan fingerprint density at radius 2 is 0.829 bits per heavy atom. The fourth-order valence-corrected chi connectivity index (χ4v) is 8.93. The molecule has 0 radical (unpaired) electrons. The Morgan fingerprint density at radius 3 is 1.27 bits per heavy atom. The first-order valence-electron chi connectivity index (χ1n) is 25.6. The zero-order valence-electron chi connectivity index (χ0n) is 44.8. The second-order valence-corrected chi connectivity index (χ2v) is 22.6. The number of hydrogen-bond donors (Lipinski definition) is 1. The van der Waals surface area contributed by atoms with Crippen LogP contribution in [0.5, 0.6) is 0 Å². The zero-order valence-corrected chi connectivity index (χ0v) is 46.6. The van der Waals surface area contributed by atoms with Gasteiger partial charge in [0.1, 0.15) is 19.8 Å². The number of rotatable bonds is 24. The Labute approximate surface area is 464 Å². The van der Waals surface area contributed by atoms with Crippen LogP contribution >= 0.6 is 15.6 Å². The predicted octanol–water partition coefficient (Wildman–Crippen LogP) is 15.5. The van der Waals surface area contributed by atoms with Crippen molar-refractivity contribution in [2.45, 2.75) is 13.2 Å². The van der Waals surface area contributed by atoms with E-state index in [1.165, 1.54) is 65.9 Å². The number of likely N-dealkylation sites (N-methyl/N-ethyl adjacent to an activating group) is 1. The fraction of sp³-hybridized carbons (Fsp3) is 0.286. The summed E-state index contributed by atoms with van der Waals surface area (Å²) in [7, 11) is -14.9. The topological polar surface area (TPSA) is 99.9 Å². The molecule has 26 heteroatoms. The number of aromatic nitrogens is 5. The molecule has 0 aliphatic heterocycles. The van der Waals surface area contributed by atoms with Gasteiger partial charge in [0.25, 0.3) is 0 Å². The number of halogens is 12. The van der Waals surface area contributed by atoms with E-state index in [1.54, 1.807) is 4.68 Å². The van der Waals surface area contributed by atoms with Crippen LogP contribution in [-0.2, 0) is 50.9 Å². The summed E-state index contributed by atoms with van der Waals surface area (Å²) in [6.07, 6.45) is 1.89. The van der Waals surface area contributed by atoms with Gasteiger partial charge >= 0.3 is 66.0 Å². The van der Waals surface area contributed by atoms with E-state index in [9.17, 15) is 50.4 Å². The minimum absolute atomic E-state index is 0.372. The molecule has 3 aromatic heterocycles. The van der Waals surface area contributed by atoms with Gasteiger partial charge in [0, 0.05) is 66.9 Å². The van der Waals surface area contributed by atoms with Crippen LogP contribution in [0.25, 0.3) is 65.9 Å². The van der Waals surface area contributed by atoms with Crippen LogP contribution in [-0.4, -0.2) is 94.6 Å². The van der Waals surface area contributed by atoms with E-state index in [2.05, 4.69) is 196 Å². The van der Waals surface area contributed by atoms with Gasteiger partial charge in [0.05, 0.1) is 100 Å². The first-order chi connectivity index (χ1) is 38.4. The standard InChI is InChI=1S/C56H60N7O5.2F6P/c1-60(46-26-22-43(23-27-46)56-49-14-6-10-18-53(49)62(3)54-19-11-7-15-50(54)56)29-32-65-35-36-66-33-30-63-40-45(58-59-63)41-68-39-38-67-37-34-64-31-28-57-44-24-20-42(21-25-44)55-47-12-4-8-16-51(47)61(2)52-17-9-5-13-48(52)55;2*1-7(2,3,4,5)6/h4-27,40H,28-39,41H2,1-3H3;;/q+1;2*-1/p+1. The van der Waals surface area contributed by atoms with Crippen LogP contribution < -0.4 is 19.4 Å². The summed E-state index contributed by atoms with van der Waals surface area (Å²) in [5, 5.41) is 16.9. The molecule has 6 aromatic carbocycles. The van der Waals surface area contributed by atoms with Crippen molar-refractivity contribution in [1.82, 2.24) is 15.0 Å². The molecule has 12 nitrogen and oxygen atoms in total. The molecule has 0 saturated heterocycles. The first-order valence-corrected chi connectivity index (χ1v) is 29.6. The van der Waals surface area contributed by atoms with Crippen molar-refractivity contribution >= 4 is 70.6 Å². The Balaban J connectivity index is 0.000000615. The van der Waals surface area contributed by atoms with Crippen molar-refractivity contribution in [2.75, 3.05) is 89.8 Å². The molecule has 0 atom stereocenters. The molecular weight excluding hydrogens is 1140 g/mol. The van der Waals surface area contributed by atoms with E-state index >= 15 is 0 Å². The van der Waals surface area contributed by atoms with Crippen molar-refractivity contribution in [1.29, 1.82) is 0 Å². The van der Waals surface area contributed by atoms with Crippen molar-refractivity contribution in [3.05, 3.63) is 157 Å². The Hall–Kier alpha value is -6.78. The van der Waals surface area contributed by atoms with E-state index in [4.69, 9.17) is 23.7 Å². The summed E-state index contributed by atoms with van der Waals surface area (Å²) in [6, 6.07) is 52.0. The Bertz CT molecular complexity index is 3420. The molecule has 0 fully saturated rings. The van der Waals surface area contributed by atoms with Gasteiger partial charge in [-0.2, -0.15) is 9.13 Å². The zero-order chi connectivity index (χ0) is 59.3. The monoisotopic (exact) mass is 1200 g/mol. The Morgan fingerprint density at radius 1 is 0.463 bits per heavy atom. The van der Waals surface area contributed by atoms with Crippen LogP contribution in [0.2, 0.25) is 0 Å². The quantitative estimate of drug-likeness (QED) is 0.0208. The van der Waals surface area contributed by atoms with Crippen molar-refractivity contribution < 1.29 is 83.2 Å². The van der Waals surface area contributed by atoms with Gasteiger partial charge in [-0.25, -0.2) is 4.68 Å². The van der Waals surface area contributed by atoms with Crippen molar-refractivity contribution in [2.24, 2.45) is 14.1 Å². The van der Waals surface area contributed by atoms with Gasteiger partial charge in [-0.3, -0.25) is 0 Å². The van der Waals surface area contributed by atoms with E-state index in [-0.39, 0.29) is 0 Å². The SMILES string of the molecule is CN(CCOCCOCCn1cc(COCCOCCOCCNc2ccc(-c3c4ccccc4[n+](C)c4ccccc34)cc2)nn1)c1ccc(-c2c3ccccc3[n+](C)c3ccccc23)cc1.F[P-](F)(F)(F)(F)F.F[P-](F)(F)(F)(F)F. The van der Waals surface area contributed by atoms with Gasteiger partial charge < -0.3 is 33.9 Å². The number of aryl methyl sites for hydroxylation is 2. The molecule has 0 amide bonds. The maximum absolute atomic E-state index is 10.7. The molecule has 9 rings (SSSR count). The molecule has 0 spiro atoms. The third-order valence-corrected chi connectivity index (χ3v) is 12.5. The molecule has 3 heterocycles. The number of hydrogen-bond acceptors (Lipinski definition) is 9. The molecule has 82 heavy (non-hydrogen) atoms. The molecule has 0 aliphatic rings. The van der Waals surface area contributed by atoms with E-state index in [1.807, 2.05) is 6.20 Å². The number of ether oxygens (including phenoxy) is 5. The number of nitrogens with one attached hydrogen (secondary N) is 1. The van der Waals surface area contributed by atoms with Crippen LogP contribution in [0.15, 0.2) is 152 Å². The second kappa shape index (κ2) is 25.0. The molecule has 1 N–H and O–H groups in total. The van der Waals surface area contributed by atoms with Crippen LogP contribution in [0, 0.1) is 0 Å². The van der Waals surface area contributed by atoms with Gasteiger partial charge in [-0.15, -0.1) is 5.10 Å². The van der Waals surface area contributed by atoms with Crippen LogP contribution in [0.3, 0.4) is 0 Å². The summed E-state index contributed by atoms with van der Waals surface area (Å²) in [5.41, 5.74) is 12.8. The van der Waals surface area contributed by atoms with E-state index in [0.29, 0.717) is 79.2 Å². The normalized spacial score (nSPS) is 13.6. The number of pyridine rings is 2. The van der Waals surface area contributed by atoms with Gasteiger partial charge in [0.2, 0.25) is 22.1 Å². The predicted molar refractivity (Wildman–Crippen MR) is 298 cm³/mol. The van der Waals surface area contributed by atoms with E-state index in [0.717, 1.165) is 23.6 Å². The minimum atomic E-state index is -10.7. The summed E-state index contributed by atoms with van der Waals surface area (Å²) >= 11 is 0. The van der Waals surface area contributed by atoms with Gasteiger partial charge in [-0.05, 0) is 59.7 Å². The summed E-state index contributed by atoms with van der Waals surface area (Å²) in [4.78, 5) is 2.22. The first kappa shape index (κ1) is 62.8. The van der Waals surface area contributed by atoms with Crippen LogP contribution in [0.1, 0.15) is 5.69 Å². The number of anilines is 2. The maximum atomic E-state index is 9.87. The van der Waals surface area contributed by atoms with Crippen LogP contribution in [0.4, 0.5) is 61.7 Å². The molecule has 0 unspecified atom stereocenters. The second-order valence-electron chi connectivity index (χ2n) is 18.8. The molecule has 0 saturated carbocycles. The average Bonchev–Trinajstić information content (AvgIpc) is 3.88. The average molecular weight is 1200 g/mol. The molecule has 0 aliphatic carbocycles. The molecular formula is C56H61F12N7O5P2. The molecule has 9 aromatic rings. The van der Waals surface area contributed by atoms with Gasteiger partial charge in [0.15, 0.2) is 0 Å². The summed E-state index contributed by atoms with van der Waals surface area (Å²) < 4.78 is 154. The number of benzene rings is 6. The molecule has 444 valence electrons. The number of nitrogens with zero attached hydrogens (tertiary/aromatic N) is 6. The van der Waals surface area contributed by atoms with Crippen molar-refractivity contribution in [3.8, 4) is 22.3 Å². The van der Waals surface area contributed by atoms with Gasteiger partial charge in [-0.1, -0.05) is 78.0 Å². The summed E-state index contributed by atoms with van der Waals surface area (Å²) in [6.45, 7) is 7.19. The Kier molecular flexibility index (Phi) is 19.1. The third-order valence-electron chi connectivity index (χ3n) is 12.5. The third kappa shape index (κ3) is 20.9.